The molecule has 0 radical (unpaired) electrons. The summed E-state index contributed by atoms with van der Waals surface area (Å²) >= 11 is 0. The number of aryl methyl sites for hydroxylation is 2. The average Bonchev–Trinajstić information content (AvgIpc) is 2.41. The SMILES string of the molecule is Cc1cccc(N(CCCN)c2ncccc2C)c1. The van der Waals surface area contributed by atoms with Crippen molar-refractivity contribution in [1.29, 1.82) is 0 Å². The summed E-state index contributed by atoms with van der Waals surface area (Å²) in [5.74, 6) is 1.02. The molecule has 1 aromatic heterocycles. The fourth-order valence-electron chi connectivity index (χ4n) is 2.16. The Bertz CT molecular complexity index is 537. The van der Waals surface area contributed by atoms with Crippen molar-refractivity contribution in [2.24, 2.45) is 5.73 Å². The molecule has 1 heterocycles. The van der Waals surface area contributed by atoms with E-state index in [4.69, 9.17) is 5.73 Å². The van der Waals surface area contributed by atoms with Crippen molar-refractivity contribution in [3.63, 3.8) is 0 Å². The summed E-state index contributed by atoms with van der Waals surface area (Å²) in [4.78, 5) is 6.77. The topological polar surface area (TPSA) is 42.1 Å². The predicted molar refractivity (Wildman–Crippen MR) is 80.8 cm³/mol. The van der Waals surface area contributed by atoms with Crippen molar-refractivity contribution in [3.8, 4) is 0 Å². The summed E-state index contributed by atoms with van der Waals surface area (Å²) in [6.45, 7) is 5.77. The van der Waals surface area contributed by atoms with Gasteiger partial charge >= 0.3 is 0 Å². The first-order valence-electron chi connectivity index (χ1n) is 6.68. The third kappa shape index (κ3) is 3.32. The van der Waals surface area contributed by atoms with E-state index in [0.717, 1.165) is 18.8 Å². The number of hydrogen-bond acceptors (Lipinski definition) is 3. The lowest BCUT2D eigenvalue weighted by Gasteiger charge is -2.25. The molecule has 2 aromatic rings. The lowest BCUT2D eigenvalue weighted by Crippen LogP contribution is -2.22. The first-order chi connectivity index (χ1) is 9.22. The predicted octanol–water partition coefficient (Wildman–Crippen LogP) is 3.19. The van der Waals surface area contributed by atoms with Crippen molar-refractivity contribution in [3.05, 3.63) is 53.7 Å². The van der Waals surface area contributed by atoms with Crippen LogP contribution >= 0.6 is 0 Å². The highest BCUT2D eigenvalue weighted by Crippen LogP contribution is 2.26. The van der Waals surface area contributed by atoms with Crippen LogP contribution in [0.25, 0.3) is 0 Å². The van der Waals surface area contributed by atoms with Crippen molar-refractivity contribution >= 4 is 11.5 Å². The summed E-state index contributed by atoms with van der Waals surface area (Å²) in [6.07, 6.45) is 2.79. The second kappa shape index (κ2) is 6.34. The molecule has 0 saturated carbocycles. The molecule has 2 N–H and O–H groups in total. The minimum absolute atomic E-state index is 0.689. The highest BCUT2D eigenvalue weighted by atomic mass is 15.2. The molecule has 2 rings (SSSR count). The number of anilines is 2. The summed E-state index contributed by atoms with van der Waals surface area (Å²) in [5, 5.41) is 0. The third-order valence-corrected chi connectivity index (χ3v) is 3.14. The van der Waals surface area contributed by atoms with Crippen LogP contribution in [0.15, 0.2) is 42.6 Å². The second-order valence-electron chi connectivity index (χ2n) is 4.78. The number of hydrogen-bond donors (Lipinski definition) is 1. The summed E-state index contributed by atoms with van der Waals surface area (Å²) in [6, 6.07) is 12.6. The van der Waals surface area contributed by atoms with Gasteiger partial charge in [0, 0.05) is 18.4 Å². The monoisotopic (exact) mass is 255 g/mol. The summed E-state index contributed by atoms with van der Waals surface area (Å²) < 4.78 is 0. The minimum atomic E-state index is 0.689. The molecule has 1 aromatic carbocycles. The van der Waals surface area contributed by atoms with E-state index in [1.807, 2.05) is 12.3 Å². The van der Waals surface area contributed by atoms with Crippen LogP contribution < -0.4 is 10.6 Å². The average molecular weight is 255 g/mol. The minimum Gasteiger partial charge on any atom is -0.330 e. The quantitative estimate of drug-likeness (QED) is 0.892. The number of benzene rings is 1. The van der Waals surface area contributed by atoms with Crippen molar-refractivity contribution < 1.29 is 0 Å². The first kappa shape index (κ1) is 13.6. The Morgan fingerprint density at radius 2 is 2.00 bits per heavy atom. The van der Waals surface area contributed by atoms with Gasteiger partial charge in [0.2, 0.25) is 0 Å². The zero-order chi connectivity index (χ0) is 13.7. The molecular weight excluding hydrogens is 234 g/mol. The molecule has 0 aliphatic rings. The second-order valence-corrected chi connectivity index (χ2v) is 4.78. The highest BCUT2D eigenvalue weighted by molar-refractivity contribution is 5.63. The highest BCUT2D eigenvalue weighted by Gasteiger charge is 2.12. The number of rotatable bonds is 5. The van der Waals surface area contributed by atoms with Crippen LogP contribution in [0.2, 0.25) is 0 Å². The molecule has 3 nitrogen and oxygen atoms in total. The normalized spacial score (nSPS) is 10.5. The van der Waals surface area contributed by atoms with E-state index in [-0.39, 0.29) is 0 Å². The standard InChI is InChI=1S/C16H21N3/c1-13-6-3-8-15(12-13)19(11-5-9-17)16-14(2)7-4-10-18-16/h3-4,6-8,10,12H,5,9,11,17H2,1-2H3. The lowest BCUT2D eigenvalue weighted by atomic mass is 10.2. The van der Waals surface area contributed by atoms with Crippen LogP contribution in [-0.2, 0) is 0 Å². The number of aromatic nitrogens is 1. The molecule has 19 heavy (non-hydrogen) atoms. The first-order valence-corrected chi connectivity index (χ1v) is 6.68. The number of pyridine rings is 1. The van der Waals surface area contributed by atoms with Gasteiger partial charge in [0.25, 0.3) is 0 Å². The molecule has 3 heteroatoms. The van der Waals surface area contributed by atoms with Gasteiger partial charge in [-0.15, -0.1) is 0 Å². The van der Waals surface area contributed by atoms with E-state index in [0.29, 0.717) is 6.54 Å². The molecule has 0 amide bonds. The molecule has 0 saturated heterocycles. The van der Waals surface area contributed by atoms with Gasteiger partial charge in [-0.1, -0.05) is 18.2 Å². The molecule has 0 aliphatic heterocycles. The van der Waals surface area contributed by atoms with E-state index in [2.05, 4.69) is 54.1 Å². The van der Waals surface area contributed by atoms with E-state index in [1.54, 1.807) is 0 Å². The van der Waals surface area contributed by atoms with Crippen LogP contribution in [0.3, 0.4) is 0 Å². The Morgan fingerprint density at radius 3 is 2.68 bits per heavy atom. The smallest absolute Gasteiger partial charge is 0.135 e. The fraction of sp³-hybridized carbons (Fsp3) is 0.312. The van der Waals surface area contributed by atoms with E-state index < -0.39 is 0 Å². The van der Waals surface area contributed by atoms with Gasteiger partial charge in [0.1, 0.15) is 5.82 Å². The maximum atomic E-state index is 5.65. The Morgan fingerprint density at radius 1 is 1.16 bits per heavy atom. The van der Waals surface area contributed by atoms with Gasteiger partial charge in [-0.05, 0) is 56.1 Å². The van der Waals surface area contributed by atoms with Gasteiger partial charge in [-0.2, -0.15) is 0 Å². The van der Waals surface area contributed by atoms with Gasteiger partial charge in [0.05, 0.1) is 0 Å². The van der Waals surface area contributed by atoms with Gasteiger partial charge < -0.3 is 10.6 Å². The van der Waals surface area contributed by atoms with Crippen LogP contribution in [0, 0.1) is 13.8 Å². The van der Waals surface area contributed by atoms with Crippen LogP contribution in [0.1, 0.15) is 17.5 Å². The van der Waals surface area contributed by atoms with E-state index in [1.165, 1.54) is 16.8 Å². The van der Waals surface area contributed by atoms with Gasteiger partial charge in [-0.3, -0.25) is 0 Å². The van der Waals surface area contributed by atoms with Crippen molar-refractivity contribution in [2.45, 2.75) is 20.3 Å². The molecule has 0 bridgehead atoms. The molecule has 0 fully saturated rings. The lowest BCUT2D eigenvalue weighted by molar-refractivity contribution is 0.807. The molecule has 0 atom stereocenters. The van der Waals surface area contributed by atoms with E-state index in [9.17, 15) is 0 Å². The Balaban J connectivity index is 2.38. The summed E-state index contributed by atoms with van der Waals surface area (Å²) in [5.41, 5.74) is 9.27. The Labute approximate surface area is 115 Å². The molecule has 0 spiro atoms. The number of nitrogens with zero attached hydrogens (tertiary/aromatic N) is 2. The Hall–Kier alpha value is -1.87. The number of nitrogens with two attached hydrogens (primary N) is 1. The van der Waals surface area contributed by atoms with Crippen molar-refractivity contribution in [1.82, 2.24) is 4.98 Å². The van der Waals surface area contributed by atoms with Crippen LogP contribution in [-0.4, -0.2) is 18.1 Å². The van der Waals surface area contributed by atoms with E-state index >= 15 is 0 Å². The molecule has 0 aliphatic carbocycles. The molecular formula is C16H21N3. The van der Waals surface area contributed by atoms with Gasteiger partial charge in [0.15, 0.2) is 0 Å². The maximum absolute atomic E-state index is 5.65. The zero-order valence-corrected chi connectivity index (χ0v) is 11.6. The van der Waals surface area contributed by atoms with Gasteiger partial charge in [-0.25, -0.2) is 4.98 Å². The van der Waals surface area contributed by atoms with Crippen LogP contribution in [0.5, 0.6) is 0 Å². The zero-order valence-electron chi connectivity index (χ0n) is 11.6. The molecule has 100 valence electrons. The third-order valence-electron chi connectivity index (χ3n) is 3.14. The van der Waals surface area contributed by atoms with Crippen molar-refractivity contribution in [2.75, 3.05) is 18.0 Å². The largest absolute Gasteiger partial charge is 0.330 e. The summed E-state index contributed by atoms with van der Waals surface area (Å²) in [7, 11) is 0. The Kier molecular flexibility index (Phi) is 4.53. The van der Waals surface area contributed by atoms with Crippen LogP contribution in [0.4, 0.5) is 11.5 Å². The maximum Gasteiger partial charge on any atom is 0.135 e. The molecule has 0 unspecified atom stereocenters. The fourth-order valence-corrected chi connectivity index (χ4v) is 2.16.